The van der Waals surface area contributed by atoms with Gasteiger partial charge in [0, 0.05) is 18.2 Å². The number of rotatable bonds is 11. The highest BCUT2D eigenvalue weighted by Crippen LogP contribution is 2.30. The van der Waals surface area contributed by atoms with Crippen molar-refractivity contribution in [3.8, 4) is 22.9 Å². The fourth-order valence-corrected chi connectivity index (χ4v) is 4.69. The van der Waals surface area contributed by atoms with Crippen LogP contribution in [-0.4, -0.2) is 63.2 Å². The second-order valence-electron chi connectivity index (χ2n) is 9.28. The van der Waals surface area contributed by atoms with Crippen molar-refractivity contribution in [2.45, 2.75) is 64.2 Å². The fourth-order valence-electron chi connectivity index (χ4n) is 4.69. The Bertz CT molecular complexity index is 1240. The van der Waals surface area contributed by atoms with Crippen LogP contribution in [0.15, 0.2) is 42.5 Å². The van der Waals surface area contributed by atoms with E-state index >= 15 is 0 Å². The molecule has 0 unspecified atom stereocenters. The SMILES string of the molecule is CC[C@@H](C(=O)NC1CCCC1)N(Cc1ccc(F)cc1)C(=O)Cn1nnc(-c2ccc(OC)c(OC)c2)n1. The number of carbonyl (C=O) groups excluding carboxylic acids is 2. The molecule has 10 nitrogen and oxygen atoms in total. The van der Waals surface area contributed by atoms with Gasteiger partial charge in [-0.1, -0.05) is 31.9 Å². The van der Waals surface area contributed by atoms with Gasteiger partial charge in [0.05, 0.1) is 14.2 Å². The van der Waals surface area contributed by atoms with Crippen molar-refractivity contribution in [3.05, 3.63) is 53.8 Å². The molecular weight excluding hydrogens is 491 g/mol. The third-order valence-corrected chi connectivity index (χ3v) is 6.72. The maximum Gasteiger partial charge on any atom is 0.247 e. The first-order valence-electron chi connectivity index (χ1n) is 12.8. The molecule has 1 aromatic heterocycles. The summed E-state index contributed by atoms with van der Waals surface area (Å²) in [5.41, 5.74) is 1.36. The van der Waals surface area contributed by atoms with E-state index in [0.29, 0.717) is 34.9 Å². The van der Waals surface area contributed by atoms with Gasteiger partial charge in [-0.15, -0.1) is 10.2 Å². The van der Waals surface area contributed by atoms with E-state index in [1.165, 1.54) is 28.9 Å². The maximum atomic E-state index is 13.6. The van der Waals surface area contributed by atoms with Crippen LogP contribution in [0.2, 0.25) is 0 Å². The predicted molar refractivity (Wildman–Crippen MR) is 138 cm³/mol. The topological polar surface area (TPSA) is 111 Å². The molecule has 1 N–H and O–H groups in total. The van der Waals surface area contributed by atoms with Gasteiger partial charge in [-0.05, 0) is 60.4 Å². The average Bonchev–Trinajstić information content (AvgIpc) is 3.61. The molecule has 0 saturated heterocycles. The average molecular weight is 525 g/mol. The van der Waals surface area contributed by atoms with Crippen molar-refractivity contribution in [2.75, 3.05) is 14.2 Å². The van der Waals surface area contributed by atoms with Crippen molar-refractivity contribution in [2.24, 2.45) is 0 Å². The molecule has 202 valence electrons. The maximum absolute atomic E-state index is 13.6. The van der Waals surface area contributed by atoms with E-state index in [2.05, 4.69) is 20.7 Å². The molecule has 0 spiro atoms. The van der Waals surface area contributed by atoms with Gasteiger partial charge >= 0.3 is 0 Å². The van der Waals surface area contributed by atoms with Crippen molar-refractivity contribution >= 4 is 11.8 Å². The predicted octanol–water partition coefficient (Wildman–Crippen LogP) is 3.36. The first kappa shape index (κ1) is 27.0. The highest BCUT2D eigenvalue weighted by molar-refractivity contribution is 5.87. The van der Waals surface area contributed by atoms with Gasteiger partial charge in [0.15, 0.2) is 11.5 Å². The Hall–Kier alpha value is -4.02. The second-order valence-corrected chi connectivity index (χ2v) is 9.28. The molecule has 2 amide bonds. The molecule has 1 atom stereocenters. The van der Waals surface area contributed by atoms with Crippen molar-refractivity contribution in [1.82, 2.24) is 30.4 Å². The minimum absolute atomic E-state index is 0.125. The van der Waals surface area contributed by atoms with E-state index in [4.69, 9.17) is 9.47 Å². The van der Waals surface area contributed by atoms with Crippen LogP contribution in [0, 0.1) is 5.82 Å². The number of aromatic nitrogens is 4. The van der Waals surface area contributed by atoms with Crippen LogP contribution in [0.3, 0.4) is 0 Å². The summed E-state index contributed by atoms with van der Waals surface area (Å²) in [5, 5.41) is 15.6. The van der Waals surface area contributed by atoms with Crippen LogP contribution in [0.4, 0.5) is 4.39 Å². The molecule has 4 rings (SSSR count). The second kappa shape index (κ2) is 12.5. The van der Waals surface area contributed by atoms with E-state index in [1.807, 2.05) is 6.92 Å². The third kappa shape index (κ3) is 6.45. The standard InChI is InChI=1S/C27H33FN6O4/c1-4-22(27(36)29-21-7-5-6-8-21)33(16-18-9-12-20(28)13-10-18)25(35)17-34-31-26(30-32-34)19-11-14-23(37-2)24(15-19)38-3/h9-15,21-22H,4-8,16-17H2,1-3H3,(H,29,36)/t22-/m0/s1. The van der Waals surface area contributed by atoms with Gasteiger partial charge in [-0.3, -0.25) is 9.59 Å². The summed E-state index contributed by atoms with van der Waals surface area (Å²) in [4.78, 5) is 29.5. The quantitative estimate of drug-likeness (QED) is 0.409. The number of benzene rings is 2. The zero-order valence-corrected chi connectivity index (χ0v) is 21.9. The minimum Gasteiger partial charge on any atom is -0.493 e. The number of carbonyl (C=O) groups is 2. The number of amides is 2. The van der Waals surface area contributed by atoms with E-state index < -0.39 is 6.04 Å². The van der Waals surface area contributed by atoms with Crippen LogP contribution < -0.4 is 14.8 Å². The Morgan fingerprint density at radius 3 is 2.47 bits per heavy atom. The minimum atomic E-state index is -0.693. The number of ether oxygens (including phenoxy) is 2. The zero-order valence-electron chi connectivity index (χ0n) is 21.9. The summed E-state index contributed by atoms with van der Waals surface area (Å²) in [7, 11) is 3.08. The summed E-state index contributed by atoms with van der Waals surface area (Å²) in [6.07, 6.45) is 4.47. The van der Waals surface area contributed by atoms with E-state index in [9.17, 15) is 14.0 Å². The molecule has 1 saturated carbocycles. The van der Waals surface area contributed by atoms with Gasteiger partial charge in [-0.25, -0.2) is 4.39 Å². The van der Waals surface area contributed by atoms with Crippen molar-refractivity contribution < 1.29 is 23.5 Å². The number of halogens is 1. The Morgan fingerprint density at radius 2 is 1.82 bits per heavy atom. The lowest BCUT2D eigenvalue weighted by atomic mass is 10.1. The number of hydrogen-bond donors (Lipinski definition) is 1. The number of tetrazole rings is 1. The Labute approximate surface area is 221 Å². The molecule has 3 aromatic rings. The molecule has 0 bridgehead atoms. The van der Waals surface area contributed by atoms with Gasteiger partial charge in [0.1, 0.15) is 18.4 Å². The first-order valence-corrected chi connectivity index (χ1v) is 12.8. The van der Waals surface area contributed by atoms with Gasteiger partial charge in [-0.2, -0.15) is 4.80 Å². The highest BCUT2D eigenvalue weighted by Gasteiger charge is 2.31. The van der Waals surface area contributed by atoms with Gasteiger partial charge in [0.2, 0.25) is 17.6 Å². The molecule has 0 aliphatic heterocycles. The molecule has 1 heterocycles. The number of hydrogen-bond acceptors (Lipinski definition) is 7. The van der Waals surface area contributed by atoms with E-state index in [0.717, 1.165) is 25.7 Å². The summed E-state index contributed by atoms with van der Waals surface area (Å²) < 4.78 is 24.1. The highest BCUT2D eigenvalue weighted by atomic mass is 19.1. The smallest absolute Gasteiger partial charge is 0.247 e. The van der Waals surface area contributed by atoms with Gasteiger partial charge < -0.3 is 19.7 Å². The molecular formula is C27H33FN6O4. The lowest BCUT2D eigenvalue weighted by molar-refractivity contribution is -0.142. The lowest BCUT2D eigenvalue weighted by Crippen LogP contribution is -2.51. The Kier molecular flexibility index (Phi) is 8.88. The third-order valence-electron chi connectivity index (χ3n) is 6.72. The summed E-state index contributed by atoms with van der Waals surface area (Å²) in [6, 6.07) is 10.6. The summed E-state index contributed by atoms with van der Waals surface area (Å²) in [5.74, 6) is 0.493. The Morgan fingerprint density at radius 1 is 1.11 bits per heavy atom. The molecule has 2 aromatic carbocycles. The zero-order chi connectivity index (χ0) is 27.1. The van der Waals surface area contributed by atoms with Crippen molar-refractivity contribution in [3.63, 3.8) is 0 Å². The molecule has 38 heavy (non-hydrogen) atoms. The molecule has 0 radical (unpaired) electrons. The number of nitrogens with zero attached hydrogens (tertiary/aromatic N) is 5. The van der Waals surface area contributed by atoms with Crippen molar-refractivity contribution in [1.29, 1.82) is 0 Å². The molecule has 1 aliphatic carbocycles. The number of nitrogens with one attached hydrogen (secondary N) is 1. The molecule has 11 heteroatoms. The molecule has 1 aliphatic rings. The largest absolute Gasteiger partial charge is 0.493 e. The normalized spacial score (nSPS) is 14.2. The summed E-state index contributed by atoms with van der Waals surface area (Å²) in [6.45, 7) is 1.80. The first-order chi connectivity index (χ1) is 18.4. The molecule has 1 fully saturated rings. The van der Waals surface area contributed by atoms with Crippen LogP contribution >= 0.6 is 0 Å². The van der Waals surface area contributed by atoms with Crippen LogP contribution in [0.25, 0.3) is 11.4 Å². The van der Waals surface area contributed by atoms with Crippen LogP contribution in [0.1, 0.15) is 44.6 Å². The van der Waals surface area contributed by atoms with Crippen LogP contribution in [-0.2, 0) is 22.7 Å². The monoisotopic (exact) mass is 524 g/mol. The van der Waals surface area contributed by atoms with E-state index in [1.54, 1.807) is 37.4 Å². The fraction of sp³-hybridized carbons (Fsp3) is 0.444. The summed E-state index contributed by atoms with van der Waals surface area (Å²) >= 11 is 0. The Balaban J connectivity index is 1.54. The van der Waals surface area contributed by atoms with Gasteiger partial charge in [0.25, 0.3) is 0 Å². The lowest BCUT2D eigenvalue weighted by Gasteiger charge is -2.31. The number of methoxy groups -OCH3 is 2. The van der Waals surface area contributed by atoms with Crippen LogP contribution in [0.5, 0.6) is 11.5 Å². The van der Waals surface area contributed by atoms with E-state index in [-0.39, 0.29) is 36.8 Å².